The Hall–Kier alpha value is -1.87. The van der Waals surface area contributed by atoms with Crippen LogP contribution >= 0.6 is 15.9 Å². The maximum absolute atomic E-state index is 11.1. The molecule has 0 atom stereocenters. The Labute approximate surface area is 112 Å². The van der Waals surface area contributed by atoms with E-state index in [0.29, 0.717) is 4.47 Å². The Bertz CT molecular complexity index is 778. The van der Waals surface area contributed by atoms with Gasteiger partial charge in [-0.15, -0.1) is 0 Å². The van der Waals surface area contributed by atoms with Gasteiger partial charge in [0.05, 0.1) is 5.56 Å². The maximum atomic E-state index is 11.1. The highest BCUT2D eigenvalue weighted by Crippen LogP contribution is 2.32. The van der Waals surface area contributed by atoms with Gasteiger partial charge in [0.2, 0.25) is 0 Å². The Morgan fingerprint density at radius 3 is 2.39 bits per heavy atom. The Morgan fingerprint density at radius 2 is 1.61 bits per heavy atom. The average Bonchev–Trinajstić information content (AvgIpc) is 2.38. The third-order valence-corrected chi connectivity index (χ3v) is 3.95. The lowest BCUT2D eigenvalue weighted by molar-refractivity contribution is 0.0696. The highest BCUT2D eigenvalue weighted by Gasteiger charge is 2.12. The van der Waals surface area contributed by atoms with Crippen LogP contribution in [0.2, 0.25) is 0 Å². The summed E-state index contributed by atoms with van der Waals surface area (Å²) in [7, 11) is 0. The number of benzene rings is 3. The van der Waals surface area contributed by atoms with Crippen LogP contribution < -0.4 is 0 Å². The molecule has 1 N–H and O–H groups in total. The first-order chi connectivity index (χ1) is 8.68. The van der Waals surface area contributed by atoms with Gasteiger partial charge in [-0.2, -0.15) is 0 Å². The van der Waals surface area contributed by atoms with E-state index in [4.69, 9.17) is 5.11 Å². The van der Waals surface area contributed by atoms with E-state index in [1.165, 1.54) is 0 Å². The van der Waals surface area contributed by atoms with Crippen molar-refractivity contribution in [3.63, 3.8) is 0 Å². The van der Waals surface area contributed by atoms with Crippen molar-refractivity contribution in [3.05, 3.63) is 58.6 Å². The molecule has 0 aliphatic rings. The molecule has 3 aromatic carbocycles. The fourth-order valence-corrected chi connectivity index (χ4v) is 2.86. The monoisotopic (exact) mass is 300 g/mol. The number of rotatable bonds is 1. The SMILES string of the molecule is O=C(O)c1ccc2c(ccc3ccccc32)c1Br. The second-order valence-electron chi connectivity index (χ2n) is 4.11. The second-order valence-corrected chi connectivity index (χ2v) is 4.91. The predicted molar refractivity (Wildman–Crippen MR) is 76.1 cm³/mol. The van der Waals surface area contributed by atoms with E-state index in [1.54, 1.807) is 6.07 Å². The number of carboxylic acids is 1. The standard InChI is InChI=1S/C15H9BrO2/c16-14-12-6-5-9-3-1-2-4-10(9)11(12)7-8-13(14)15(17)18/h1-8H,(H,17,18). The van der Waals surface area contributed by atoms with Crippen molar-refractivity contribution in [2.75, 3.05) is 0 Å². The van der Waals surface area contributed by atoms with Crippen LogP contribution in [0.3, 0.4) is 0 Å². The van der Waals surface area contributed by atoms with Crippen molar-refractivity contribution in [1.82, 2.24) is 0 Å². The summed E-state index contributed by atoms with van der Waals surface area (Å²) in [6.07, 6.45) is 0. The zero-order chi connectivity index (χ0) is 12.7. The molecule has 2 nitrogen and oxygen atoms in total. The normalized spacial score (nSPS) is 10.9. The maximum Gasteiger partial charge on any atom is 0.336 e. The topological polar surface area (TPSA) is 37.3 Å². The number of hydrogen-bond donors (Lipinski definition) is 1. The zero-order valence-electron chi connectivity index (χ0n) is 9.35. The second kappa shape index (κ2) is 4.10. The van der Waals surface area contributed by atoms with Gasteiger partial charge >= 0.3 is 5.97 Å². The molecule has 0 spiro atoms. The fraction of sp³-hybridized carbons (Fsp3) is 0. The molecule has 0 aliphatic carbocycles. The van der Waals surface area contributed by atoms with Crippen LogP contribution in [0, 0.1) is 0 Å². The van der Waals surface area contributed by atoms with Gasteiger partial charge in [0.25, 0.3) is 0 Å². The summed E-state index contributed by atoms with van der Waals surface area (Å²) >= 11 is 3.39. The van der Waals surface area contributed by atoms with Crippen molar-refractivity contribution in [2.24, 2.45) is 0 Å². The van der Waals surface area contributed by atoms with Crippen LogP contribution in [-0.4, -0.2) is 11.1 Å². The third-order valence-electron chi connectivity index (χ3n) is 3.09. The lowest BCUT2D eigenvalue weighted by Gasteiger charge is -2.07. The van der Waals surface area contributed by atoms with Gasteiger partial charge in [0, 0.05) is 4.47 Å². The number of carboxylic acid groups (broad SMARTS) is 1. The number of carbonyl (C=O) groups is 1. The number of aromatic carboxylic acids is 1. The molecular weight excluding hydrogens is 292 g/mol. The summed E-state index contributed by atoms with van der Waals surface area (Å²) in [5.74, 6) is -0.920. The molecule has 3 heteroatoms. The van der Waals surface area contributed by atoms with E-state index in [-0.39, 0.29) is 5.56 Å². The van der Waals surface area contributed by atoms with Crippen LogP contribution in [0.1, 0.15) is 10.4 Å². The molecular formula is C15H9BrO2. The molecule has 0 unspecified atom stereocenters. The minimum Gasteiger partial charge on any atom is -0.478 e. The van der Waals surface area contributed by atoms with Gasteiger partial charge in [0.1, 0.15) is 0 Å². The molecule has 0 fully saturated rings. The summed E-state index contributed by atoms with van der Waals surface area (Å²) in [6, 6.07) is 15.5. The average molecular weight is 301 g/mol. The molecule has 0 amide bonds. The van der Waals surface area contributed by atoms with Gasteiger partial charge in [-0.05, 0) is 43.5 Å². The first kappa shape index (κ1) is 11.2. The highest BCUT2D eigenvalue weighted by atomic mass is 79.9. The molecule has 3 aromatic rings. The molecule has 0 radical (unpaired) electrons. The molecule has 88 valence electrons. The van der Waals surface area contributed by atoms with Crippen LogP contribution in [-0.2, 0) is 0 Å². The van der Waals surface area contributed by atoms with E-state index in [9.17, 15) is 4.79 Å². The first-order valence-corrected chi connectivity index (χ1v) is 6.31. The van der Waals surface area contributed by atoms with Gasteiger partial charge in [-0.25, -0.2) is 4.79 Å². The zero-order valence-corrected chi connectivity index (χ0v) is 10.9. The van der Waals surface area contributed by atoms with Gasteiger partial charge < -0.3 is 5.11 Å². The van der Waals surface area contributed by atoms with Crippen LogP contribution in [0.4, 0.5) is 0 Å². The molecule has 0 saturated carbocycles. The van der Waals surface area contributed by atoms with Crippen molar-refractivity contribution >= 4 is 43.4 Å². The van der Waals surface area contributed by atoms with Gasteiger partial charge in [-0.1, -0.05) is 42.5 Å². The van der Waals surface area contributed by atoms with Gasteiger partial charge in [-0.3, -0.25) is 0 Å². The predicted octanol–water partition coefficient (Wildman–Crippen LogP) is 4.45. The smallest absolute Gasteiger partial charge is 0.336 e. The lowest BCUT2D eigenvalue weighted by atomic mass is 10.0. The molecule has 0 aliphatic heterocycles. The van der Waals surface area contributed by atoms with E-state index >= 15 is 0 Å². The summed E-state index contributed by atoms with van der Waals surface area (Å²) in [6.45, 7) is 0. The van der Waals surface area contributed by atoms with E-state index in [2.05, 4.69) is 15.9 Å². The Morgan fingerprint density at radius 1 is 0.889 bits per heavy atom. The van der Waals surface area contributed by atoms with E-state index in [1.807, 2.05) is 42.5 Å². The summed E-state index contributed by atoms with van der Waals surface area (Å²) in [5.41, 5.74) is 0.290. The summed E-state index contributed by atoms with van der Waals surface area (Å²) in [5, 5.41) is 13.4. The lowest BCUT2D eigenvalue weighted by Crippen LogP contribution is -1.97. The van der Waals surface area contributed by atoms with Crippen LogP contribution in [0.5, 0.6) is 0 Å². The van der Waals surface area contributed by atoms with Crippen LogP contribution in [0.15, 0.2) is 53.0 Å². The van der Waals surface area contributed by atoms with Gasteiger partial charge in [0.15, 0.2) is 0 Å². The van der Waals surface area contributed by atoms with Crippen molar-refractivity contribution in [1.29, 1.82) is 0 Å². The first-order valence-electron chi connectivity index (χ1n) is 5.52. The highest BCUT2D eigenvalue weighted by molar-refractivity contribution is 9.10. The molecule has 0 bridgehead atoms. The fourth-order valence-electron chi connectivity index (χ4n) is 2.22. The molecule has 18 heavy (non-hydrogen) atoms. The third kappa shape index (κ3) is 1.59. The van der Waals surface area contributed by atoms with E-state index < -0.39 is 5.97 Å². The quantitative estimate of drug-likeness (QED) is 0.674. The van der Waals surface area contributed by atoms with Crippen molar-refractivity contribution < 1.29 is 9.90 Å². The van der Waals surface area contributed by atoms with E-state index in [0.717, 1.165) is 21.5 Å². The van der Waals surface area contributed by atoms with Crippen molar-refractivity contribution in [3.8, 4) is 0 Å². The Balaban J connectivity index is 2.48. The Kier molecular flexibility index (Phi) is 2.56. The number of hydrogen-bond acceptors (Lipinski definition) is 1. The summed E-state index contributed by atoms with van der Waals surface area (Å²) < 4.78 is 0.637. The number of halogens is 1. The summed E-state index contributed by atoms with van der Waals surface area (Å²) in [4.78, 5) is 11.1. The molecule has 3 rings (SSSR count). The number of fused-ring (bicyclic) bond motifs is 3. The van der Waals surface area contributed by atoms with Crippen molar-refractivity contribution in [2.45, 2.75) is 0 Å². The molecule has 0 aromatic heterocycles. The minimum absolute atomic E-state index is 0.290. The largest absolute Gasteiger partial charge is 0.478 e. The molecule has 0 saturated heterocycles. The molecule has 0 heterocycles. The van der Waals surface area contributed by atoms with Crippen LogP contribution in [0.25, 0.3) is 21.5 Å². The minimum atomic E-state index is -0.920.